The third kappa shape index (κ3) is 6.38. The first-order valence-corrected chi connectivity index (χ1v) is 9.77. The van der Waals surface area contributed by atoms with Gasteiger partial charge in [0.2, 0.25) is 5.91 Å². The number of carbonyl (C=O) groups excluding carboxylic acids is 1. The minimum absolute atomic E-state index is 0.0608. The van der Waals surface area contributed by atoms with Gasteiger partial charge in [0.25, 0.3) is 0 Å². The van der Waals surface area contributed by atoms with Crippen LogP contribution in [0.3, 0.4) is 0 Å². The number of carbonyl (C=O) groups is 1. The van der Waals surface area contributed by atoms with Crippen molar-refractivity contribution in [3.8, 4) is 11.5 Å². The highest BCUT2D eigenvalue weighted by Gasteiger charge is 2.29. The van der Waals surface area contributed by atoms with Crippen LogP contribution in [0.4, 0.5) is 13.2 Å². The molecule has 0 spiro atoms. The highest BCUT2D eigenvalue weighted by molar-refractivity contribution is 5.78. The molecule has 3 rings (SSSR count). The van der Waals surface area contributed by atoms with Gasteiger partial charge in [0.15, 0.2) is 18.1 Å². The van der Waals surface area contributed by atoms with Crippen molar-refractivity contribution in [1.82, 2.24) is 10.2 Å². The van der Waals surface area contributed by atoms with Gasteiger partial charge in [-0.3, -0.25) is 4.79 Å². The molecule has 1 N–H and O–H groups in total. The lowest BCUT2D eigenvalue weighted by molar-refractivity contribution is -0.153. The molecular formula is C22H25F3N2O3. The zero-order valence-corrected chi connectivity index (χ0v) is 16.8. The smallest absolute Gasteiger partial charge is 0.422 e. The molecule has 162 valence electrons. The molecule has 1 fully saturated rings. The highest BCUT2D eigenvalue weighted by atomic mass is 19.4. The van der Waals surface area contributed by atoms with Crippen LogP contribution in [0.1, 0.15) is 29.5 Å². The molecule has 1 heterocycles. The molecule has 1 saturated heterocycles. The molecule has 1 aliphatic rings. The van der Waals surface area contributed by atoms with E-state index in [-0.39, 0.29) is 17.4 Å². The first-order valence-electron chi connectivity index (χ1n) is 9.77. The summed E-state index contributed by atoms with van der Waals surface area (Å²) in [6, 6.07) is 13.0. The number of benzene rings is 2. The van der Waals surface area contributed by atoms with Crippen LogP contribution < -0.4 is 14.8 Å². The zero-order chi connectivity index (χ0) is 21.6. The Morgan fingerprint density at radius 3 is 2.30 bits per heavy atom. The maximum Gasteiger partial charge on any atom is 0.422 e. The molecule has 1 aliphatic heterocycles. The Kier molecular flexibility index (Phi) is 7.20. The Hall–Kier alpha value is -2.74. The number of likely N-dealkylation sites (tertiary alicyclic amines) is 1. The Labute approximate surface area is 173 Å². The van der Waals surface area contributed by atoms with Crippen LogP contribution in [0.15, 0.2) is 42.5 Å². The molecule has 8 heteroatoms. The topological polar surface area (TPSA) is 50.8 Å². The number of halogens is 3. The van der Waals surface area contributed by atoms with Gasteiger partial charge in [-0.05, 0) is 35.2 Å². The summed E-state index contributed by atoms with van der Waals surface area (Å²) in [7, 11) is 1.39. The molecule has 0 radical (unpaired) electrons. The molecule has 5 nitrogen and oxygen atoms in total. The van der Waals surface area contributed by atoms with E-state index in [1.165, 1.54) is 13.2 Å². The van der Waals surface area contributed by atoms with Crippen LogP contribution in [0.2, 0.25) is 0 Å². The number of hydrogen-bond acceptors (Lipinski definition) is 4. The second-order valence-corrected chi connectivity index (χ2v) is 7.23. The van der Waals surface area contributed by atoms with Gasteiger partial charge < -0.3 is 19.7 Å². The number of rotatable bonds is 9. The Bertz CT molecular complexity index is 854. The van der Waals surface area contributed by atoms with Crippen LogP contribution in [0.5, 0.6) is 11.5 Å². The van der Waals surface area contributed by atoms with E-state index in [2.05, 4.69) is 5.32 Å². The number of nitrogens with one attached hydrogen (secondary N) is 1. The summed E-state index contributed by atoms with van der Waals surface area (Å²) in [5.41, 5.74) is 3.08. The van der Waals surface area contributed by atoms with Gasteiger partial charge in [0.1, 0.15) is 0 Å². The number of amides is 1. The predicted octanol–water partition coefficient (Wildman–Crippen LogP) is 4.05. The lowest BCUT2D eigenvalue weighted by atomic mass is 10.1. The van der Waals surface area contributed by atoms with E-state index < -0.39 is 12.8 Å². The third-order valence-corrected chi connectivity index (χ3v) is 4.85. The Morgan fingerprint density at radius 2 is 1.67 bits per heavy atom. The number of alkyl halides is 3. The van der Waals surface area contributed by atoms with Crippen LogP contribution in [-0.4, -0.2) is 37.2 Å². The van der Waals surface area contributed by atoms with Crippen LogP contribution in [-0.2, 0) is 24.4 Å². The molecule has 1 amide bonds. The van der Waals surface area contributed by atoms with Crippen molar-refractivity contribution in [2.75, 3.05) is 20.3 Å². The van der Waals surface area contributed by atoms with Gasteiger partial charge in [-0.2, -0.15) is 13.2 Å². The summed E-state index contributed by atoms with van der Waals surface area (Å²) in [4.78, 5) is 13.6. The molecule has 0 unspecified atom stereocenters. The number of hydrogen-bond donors (Lipinski definition) is 1. The molecule has 0 aliphatic carbocycles. The maximum atomic E-state index is 12.3. The fraction of sp³-hybridized carbons (Fsp3) is 0.409. The van der Waals surface area contributed by atoms with Crippen molar-refractivity contribution in [2.45, 2.75) is 38.7 Å². The molecule has 30 heavy (non-hydrogen) atoms. The minimum atomic E-state index is -4.40. The Morgan fingerprint density at radius 1 is 1.00 bits per heavy atom. The standard InChI is InChI=1S/C22H25F3N2O3/c1-29-20-11-18(8-9-19(20)30-15-22(23,24)25)13-26-12-16-4-6-17(7-5-16)14-27-10-2-3-21(27)28/h4-9,11,26H,2-3,10,12-15H2,1H3. The van der Waals surface area contributed by atoms with Gasteiger partial charge in [-0.25, -0.2) is 0 Å². The average Bonchev–Trinajstić information content (AvgIpc) is 3.12. The van der Waals surface area contributed by atoms with Crippen molar-refractivity contribution >= 4 is 5.91 Å². The van der Waals surface area contributed by atoms with Gasteiger partial charge in [0.05, 0.1) is 7.11 Å². The highest BCUT2D eigenvalue weighted by Crippen LogP contribution is 2.29. The van der Waals surface area contributed by atoms with Crippen LogP contribution in [0, 0.1) is 0 Å². The van der Waals surface area contributed by atoms with Crippen molar-refractivity contribution in [3.63, 3.8) is 0 Å². The van der Waals surface area contributed by atoms with Gasteiger partial charge in [-0.1, -0.05) is 30.3 Å². The van der Waals surface area contributed by atoms with Crippen LogP contribution >= 0.6 is 0 Å². The summed E-state index contributed by atoms with van der Waals surface area (Å²) < 4.78 is 46.9. The lowest BCUT2D eigenvalue weighted by Gasteiger charge is -2.16. The second kappa shape index (κ2) is 9.84. The largest absolute Gasteiger partial charge is 0.493 e. The zero-order valence-electron chi connectivity index (χ0n) is 16.8. The van der Waals surface area contributed by atoms with E-state index >= 15 is 0 Å². The molecule has 0 bridgehead atoms. The predicted molar refractivity (Wildman–Crippen MR) is 106 cm³/mol. The molecule has 2 aromatic carbocycles. The average molecular weight is 422 g/mol. The third-order valence-electron chi connectivity index (χ3n) is 4.85. The first-order chi connectivity index (χ1) is 14.3. The summed E-state index contributed by atoms with van der Waals surface area (Å²) >= 11 is 0. The Balaban J connectivity index is 1.49. The fourth-order valence-electron chi connectivity index (χ4n) is 3.31. The normalized spacial score (nSPS) is 14.3. The summed E-state index contributed by atoms with van der Waals surface area (Å²) in [6.07, 6.45) is -2.83. The fourth-order valence-corrected chi connectivity index (χ4v) is 3.31. The lowest BCUT2D eigenvalue weighted by Crippen LogP contribution is -2.23. The summed E-state index contributed by atoms with van der Waals surface area (Å²) in [5, 5.41) is 3.30. The summed E-state index contributed by atoms with van der Waals surface area (Å²) in [6.45, 7) is 1.28. The molecule has 0 saturated carbocycles. The first kappa shape index (κ1) is 22.0. The van der Waals surface area contributed by atoms with E-state index in [1.54, 1.807) is 12.1 Å². The summed E-state index contributed by atoms with van der Waals surface area (Å²) in [5.74, 6) is 0.538. The number of nitrogens with zero attached hydrogens (tertiary/aromatic N) is 1. The van der Waals surface area contributed by atoms with Crippen molar-refractivity contribution < 1.29 is 27.4 Å². The molecular weight excluding hydrogens is 397 g/mol. The number of ether oxygens (including phenoxy) is 2. The molecule has 0 atom stereocenters. The number of methoxy groups -OCH3 is 1. The van der Waals surface area contributed by atoms with E-state index in [4.69, 9.17) is 9.47 Å². The van der Waals surface area contributed by atoms with Crippen molar-refractivity contribution in [2.24, 2.45) is 0 Å². The van der Waals surface area contributed by atoms with Gasteiger partial charge >= 0.3 is 6.18 Å². The monoisotopic (exact) mass is 422 g/mol. The maximum absolute atomic E-state index is 12.3. The van der Waals surface area contributed by atoms with E-state index in [0.717, 1.165) is 29.7 Å². The quantitative estimate of drug-likeness (QED) is 0.663. The van der Waals surface area contributed by atoms with E-state index in [0.29, 0.717) is 26.1 Å². The minimum Gasteiger partial charge on any atom is -0.493 e. The van der Waals surface area contributed by atoms with Gasteiger partial charge in [0, 0.05) is 32.6 Å². The van der Waals surface area contributed by atoms with Crippen LogP contribution in [0.25, 0.3) is 0 Å². The SMILES string of the molecule is COc1cc(CNCc2ccc(CN3CCCC3=O)cc2)ccc1OCC(F)(F)F. The van der Waals surface area contributed by atoms with Crippen molar-refractivity contribution in [3.05, 3.63) is 59.2 Å². The van der Waals surface area contributed by atoms with Gasteiger partial charge in [-0.15, -0.1) is 0 Å². The van der Waals surface area contributed by atoms with E-state index in [9.17, 15) is 18.0 Å². The van der Waals surface area contributed by atoms with E-state index in [1.807, 2.05) is 29.2 Å². The molecule has 2 aromatic rings. The van der Waals surface area contributed by atoms with Crippen molar-refractivity contribution in [1.29, 1.82) is 0 Å². The second-order valence-electron chi connectivity index (χ2n) is 7.23. The molecule has 0 aromatic heterocycles.